The van der Waals surface area contributed by atoms with Gasteiger partial charge in [0.25, 0.3) is 0 Å². The highest BCUT2D eigenvalue weighted by Gasteiger charge is 2.27. The number of aromatic nitrogens is 5. The molecule has 4 rings (SSSR count). The normalized spacial score (nSPS) is 22.7. The molecule has 0 unspecified atom stereocenters. The average Bonchev–Trinajstić information content (AvgIpc) is 3.42. The summed E-state index contributed by atoms with van der Waals surface area (Å²) in [5.74, 6) is 0.926. The number of nitrogens with one attached hydrogen (secondary N) is 1. The molecule has 11 heteroatoms. The monoisotopic (exact) mass is 536 g/mol. The number of hydrogen-bond acceptors (Lipinski definition) is 9. The molecule has 39 heavy (non-hydrogen) atoms. The Kier molecular flexibility index (Phi) is 8.41. The van der Waals surface area contributed by atoms with Gasteiger partial charge in [-0.15, -0.1) is 0 Å². The lowest BCUT2D eigenvalue weighted by Gasteiger charge is -2.31. The fourth-order valence-corrected chi connectivity index (χ4v) is 4.75. The number of fused-ring (bicyclic) bond motifs is 3. The Morgan fingerprint density at radius 1 is 1.28 bits per heavy atom. The van der Waals surface area contributed by atoms with Crippen molar-refractivity contribution in [1.82, 2.24) is 29.9 Å². The van der Waals surface area contributed by atoms with Gasteiger partial charge in [0.15, 0.2) is 5.88 Å². The van der Waals surface area contributed by atoms with E-state index in [1.807, 2.05) is 66.9 Å². The molecule has 3 atom stereocenters. The van der Waals surface area contributed by atoms with E-state index < -0.39 is 0 Å². The highest BCUT2D eigenvalue weighted by Crippen LogP contribution is 2.35. The van der Waals surface area contributed by atoms with E-state index >= 15 is 0 Å². The van der Waals surface area contributed by atoms with Crippen LogP contribution < -0.4 is 10.5 Å². The largest absolute Gasteiger partial charge is 0.479 e. The van der Waals surface area contributed by atoms with Crippen molar-refractivity contribution >= 4 is 22.7 Å². The highest BCUT2D eigenvalue weighted by molar-refractivity contribution is 6.05. The lowest BCUT2D eigenvalue weighted by atomic mass is 10.1. The fourth-order valence-electron chi connectivity index (χ4n) is 4.75. The van der Waals surface area contributed by atoms with E-state index in [2.05, 4.69) is 27.1 Å². The van der Waals surface area contributed by atoms with Crippen molar-refractivity contribution in [1.29, 1.82) is 0 Å². The van der Waals surface area contributed by atoms with Crippen LogP contribution in [0.15, 0.2) is 28.6 Å². The number of H-pyrrole nitrogens is 1. The maximum absolute atomic E-state index is 9.80. The topological polar surface area (TPSA) is 140 Å². The van der Waals surface area contributed by atoms with E-state index in [0.29, 0.717) is 30.3 Å². The summed E-state index contributed by atoms with van der Waals surface area (Å²) in [6.45, 7) is 12.6. The van der Waals surface area contributed by atoms with Gasteiger partial charge < -0.3 is 20.3 Å². The van der Waals surface area contributed by atoms with Crippen LogP contribution in [0, 0.1) is 13.8 Å². The number of ether oxygens (including phenoxy) is 2. The van der Waals surface area contributed by atoms with Gasteiger partial charge in [0, 0.05) is 25.0 Å². The molecular weight excluding hydrogens is 496 g/mol. The first-order chi connectivity index (χ1) is 18.5. The summed E-state index contributed by atoms with van der Waals surface area (Å²) in [4.78, 5) is 11.9. The smallest absolute Gasteiger partial charge is 0.221 e. The van der Waals surface area contributed by atoms with Crippen molar-refractivity contribution in [3.05, 3.63) is 40.7 Å². The molecule has 0 spiro atoms. The van der Waals surface area contributed by atoms with Gasteiger partial charge in [0.1, 0.15) is 11.6 Å². The molecule has 2 bridgehead atoms. The van der Waals surface area contributed by atoms with E-state index in [9.17, 15) is 5.11 Å². The molecule has 4 heterocycles. The summed E-state index contributed by atoms with van der Waals surface area (Å²) < 4.78 is 14.1. The predicted molar refractivity (Wildman–Crippen MR) is 154 cm³/mol. The first kappa shape index (κ1) is 28.3. The molecule has 0 fully saturated rings. The predicted octanol–water partition coefficient (Wildman–Crippen LogP) is 3.12. The molecule has 1 aliphatic heterocycles. The fraction of sp³-hybridized carbons (Fsp3) is 0.500. The zero-order valence-corrected chi connectivity index (χ0v) is 24.1. The second kappa shape index (κ2) is 11.6. The third kappa shape index (κ3) is 5.69. The number of aliphatic imine (C=N–C) groups is 1. The minimum absolute atomic E-state index is 0.0135. The SMILES string of the molecule is CCO/C(N)=C1\C=C\c2[nH]nc3c(C)nc(cc23)-c2c(C)nn(C)c2O[C@@H](C)[C@@H](C)N(C)CC1=N[C@@H](C)CO. The standard InChI is InChI=1S/C28H40N8O3/c1-9-38-27(29)20-10-11-22-21-12-23(31-17(4)26(21)33-32-22)25-16(3)34-36(8)28(25)39-19(6)18(5)35(7)13-24(20)30-15(2)14-37/h10-12,15,18-19,37H,9,13-14,29H2,1-8H3,(H,32,33)/b11-10+,27-20+,30-24?/t15-,18+,19-/m0/s1. The van der Waals surface area contributed by atoms with Crippen molar-refractivity contribution in [3.8, 4) is 17.1 Å². The maximum atomic E-state index is 9.80. The van der Waals surface area contributed by atoms with Gasteiger partial charge in [-0.25, -0.2) is 4.68 Å². The Balaban J connectivity index is 2.00. The van der Waals surface area contributed by atoms with Crippen molar-refractivity contribution in [2.24, 2.45) is 17.8 Å². The Morgan fingerprint density at radius 2 is 2.03 bits per heavy atom. The number of aryl methyl sites for hydroxylation is 3. The summed E-state index contributed by atoms with van der Waals surface area (Å²) in [6, 6.07) is 1.68. The van der Waals surface area contributed by atoms with Crippen molar-refractivity contribution < 1.29 is 14.6 Å². The van der Waals surface area contributed by atoms with Gasteiger partial charge in [-0.05, 0) is 66.8 Å². The number of hydrogen-bond donors (Lipinski definition) is 3. The summed E-state index contributed by atoms with van der Waals surface area (Å²) in [5.41, 5.74) is 12.6. The lowest BCUT2D eigenvalue weighted by Crippen LogP contribution is -2.43. The number of nitrogens with two attached hydrogens (primary N) is 1. The molecule has 210 valence electrons. The second-order valence-corrected chi connectivity index (χ2v) is 10.1. The highest BCUT2D eigenvalue weighted by atomic mass is 16.5. The Morgan fingerprint density at radius 3 is 2.72 bits per heavy atom. The number of aliphatic hydroxyl groups is 1. The minimum atomic E-state index is -0.318. The van der Waals surface area contributed by atoms with Crippen LogP contribution in [0.5, 0.6) is 5.88 Å². The number of pyridine rings is 1. The molecule has 4 N–H and O–H groups in total. The summed E-state index contributed by atoms with van der Waals surface area (Å²) in [6.07, 6.45) is 3.62. The van der Waals surface area contributed by atoms with E-state index in [-0.39, 0.29) is 30.7 Å². The molecule has 3 aromatic rings. The summed E-state index contributed by atoms with van der Waals surface area (Å²) >= 11 is 0. The van der Waals surface area contributed by atoms with E-state index in [0.717, 1.165) is 39.2 Å². The quantitative estimate of drug-likeness (QED) is 0.432. The van der Waals surface area contributed by atoms with Crippen LogP contribution in [0.2, 0.25) is 0 Å². The number of nitrogens with zero attached hydrogens (tertiary/aromatic N) is 6. The van der Waals surface area contributed by atoms with Crippen LogP contribution >= 0.6 is 0 Å². The average molecular weight is 537 g/mol. The zero-order valence-electron chi connectivity index (χ0n) is 24.1. The molecule has 0 aliphatic carbocycles. The van der Waals surface area contributed by atoms with E-state index in [4.69, 9.17) is 25.2 Å². The summed E-state index contributed by atoms with van der Waals surface area (Å²) in [5, 5.41) is 23.0. The number of rotatable bonds is 4. The van der Waals surface area contributed by atoms with Crippen LogP contribution in [0.4, 0.5) is 0 Å². The molecular formula is C28H40N8O3. The van der Waals surface area contributed by atoms with Gasteiger partial charge in [-0.1, -0.05) is 0 Å². The molecule has 1 aliphatic rings. The van der Waals surface area contributed by atoms with Crippen LogP contribution in [0.1, 0.15) is 44.8 Å². The van der Waals surface area contributed by atoms with Gasteiger partial charge in [0.05, 0.1) is 58.9 Å². The van der Waals surface area contributed by atoms with Gasteiger partial charge in [-0.2, -0.15) is 10.2 Å². The van der Waals surface area contributed by atoms with Crippen LogP contribution in [-0.2, 0) is 11.8 Å². The molecule has 11 nitrogen and oxygen atoms in total. The lowest BCUT2D eigenvalue weighted by molar-refractivity contribution is 0.107. The van der Waals surface area contributed by atoms with Crippen LogP contribution in [0.25, 0.3) is 28.2 Å². The van der Waals surface area contributed by atoms with E-state index in [1.54, 1.807) is 4.68 Å². The minimum Gasteiger partial charge on any atom is -0.479 e. The van der Waals surface area contributed by atoms with Crippen LogP contribution in [-0.4, -0.2) is 85.7 Å². The molecule has 0 amide bonds. The number of aliphatic hydroxyl groups excluding tert-OH is 1. The Labute approximate surface area is 229 Å². The number of likely N-dealkylation sites (N-methyl/N-ethyl adjacent to an activating group) is 1. The van der Waals surface area contributed by atoms with Crippen molar-refractivity contribution in [2.45, 2.75) is 59.7 Å². The Bertz CT molecular complexity index is 1430. The van der Waals surface area contributed by atoms with E-state index in [1.165, 1.54) is 0 Å². The van der Waals surface area contributed by atoms with Gasteiger partial charge in [0.2, 0.25) is 5.88 Å². The summed E-state index contributed by atoms with van der Waals surface area (Å²) in [7, 11) is 3.90. The third-order valence-corrected chi connectivity index (χ3v) is 7.18. The molecule has 0 saturated carbocycles. The van der Waals surface area contributed by atoms with Gasteiger partial charge >= 0.3 is 0 Å². The van der Waals surface area contributed by atoms with Crippen LogP contribution in [0.3, 0.4) is 0 Å². The number of aromatic amines is 1. The van der Waals surface area contributed by atoms with Crippen molar-refractivity contribution in [2.75, 3.05) is 26.8 Å². The van der Waals surface area contributed by atoms with Gasteiger partial charge in [-0.3, -0.25) is 20.0 Å². The first-order valence-electron chi connectivity index (χ1n) is 13.3. The molecule has 0 aromatic carbocycles. The van der Waals surface area contributed by atoms with Crippen molar-refractivity contribution in [3.63, 3.8) is 0 Å². The Hall–Kier alpha value is -3.70. The maximum Gasteiger partial charge on any atom is 0.221 e. The zero-order chi connectivity index (χ0) is 28.4. The third-order valence-electron chi connectivity index (χ3n) is 7.18. The molecule has 0 radical (unpaired) electrons. The first-order valence-corrected chi connectivity index (χ1v) is 13.3. The number of allylic oxidation sites excluding steroid dienone is 1. The molecule has 0 saturated heterocycles. The second-order valence-electron chi connectivity index (χ2n) is 10.1. The molecule has 3 aromatic heterocycles.